The van der Waals surface area contributed by atoms with E-state index in [0.717, 1.165) is 5.75 Å². The monoisotopic (exact) mass is 248 g/mol. The largest absolute Gasteiger partial charge is 0.489 e. The molecule has 0 spiro atoms. The van der Waals surface area contributed by atoms with Crippen LogP contribution in [0.3, 0.4) is 0 Å². The molecule has 0 heterocycles. The maximum Gasteiger partial charge on any atom is 0.119 e. The van der Waals surface area contributed by atoms with Crippen LogP contribution in [0.25, 0.3) is 10.8 Å². The van der Waals surface area contributed by atoms with E-state index < -0.39 is 0 Å². The Hall–Kier alpha value is -2.28. The predicted octanol–water partition coefficient (Wildman–Crippen LogP) is 4.73. The van der Waals surface area contributed by atoms with Crippen LogP contribution in [0.15, 0.2) is 66.7 Å². The lowest BCUT2D eigenvalue weighted by Crippen LogP contribution is -1.95. The number of fused-ring (bicyclic) bond motifs is 1. The molecule has 0 aromatic heterocycles. The van der Waals surface area contributed by atoms with Crippen molar-refractivity contribution in [3.05, 3.63) is 77.9 Å². The van der Waals surface area contributed by atoms with Gasteiger partial charge < -0.3 is 4.74 Å². The molecule has 3 aromatic carbocycles. The van der Waals surface area contributed by atoms with Crippen molar-refractivity contribution in [2.75, 3.05) is 0 Å². The van der Waals surface area contributed by atoms with Gasteiger partial charge in [-0.3, -0.25) is 0 Å². The second kappa shape index (κ2) is 5.15. The summed E-state index contributed by atoms with van der Waals surface area (Å²) >= 11 is 0. The van der Waals surface area contributed by atoms with E-state index in [1.54, 1.807) is 0 Å². The molecule has 0 fully saturated rings. The smallest absolute Gasteiger partial charge is 0.119 e. The average Bonchev–Trinajstić information content (AvgIpc) is 2.46. The van der Waals surface area contributed by atoms with Crippen molar-refractivity contribution in [3.63, 3.8) is 0 Å². The first kappa shape index (κ1) is 11.8. The zero-order valence-electron chi connectivity index (χ0n) is 11.0. The molecule has 3 aromatic rings. The number of aryl methyl sites for hydroxylation is 1. The highest BCUT2D eigenvalue weighted by Crippen LogP contribution is 2.18. The first-order valence-electron chi connectivity index (χ1n) is 6.48. The van der Waals surface area contributed by atoms with Crippen LogP contribution in [0.5, 0.6) is 5.75 Å². The lowest BCUT2D eigenvalue weighted by atomic mass is 10.1. The molecule has 94 valence electrons. The zero-order chi connectivity index (χ0) is 13.1. The summed E-state index contributed by atoms with van der Waals surface area (Å²) in [6.45, 7) is 2.68. The molecular formula is C18H16O. The molecule has 0 amide bonds. The van der Waals surface area contributed by atoms with Gasteiger partial charge in [0.25, 0.3) is 0 Å². The Labute approximate surface area is 113 Å². The highest BCUT2D eigenvalue weighted by Gasteiger charge is 1.98. The predicted molar refractivity (Wildman–Crippen MR) is 79.5 cm³/mol. The minimum Gasteiger partial charge on any atom is -0.489 e. The molecule has 1 heteroatoms. The summed E-state index contributed by atoms with van der Waals surface area (Å²) in [5, 5.41) is 2.52. The van der Waals surface area contributed by atoms with Crippen LogP contribution in [-0.4, -0.2) is 0 Å². The van der Waals surface area contributed by atoms with Gasteiger partial charge in [0.15, 0.2) is 0 Å². The van der Waals surface area contributed by atoms with E-state index in [1.807, 2.05) is 12.1 Å². The molecule has 0 N–H and O–H groups in total. The van der Waals surface area contributed by atoms with Crippen molar-refractivity contribution in [1.82, 2.24) is 0 Å². The van der Waals surface area contributed by atoms with Crippen molar-refractivity contribution in [2.45, 2.75) is 13.5 Å². The normalized spacial score (nSPS) is 10.6. The van der Waals surface area contributed by atoms with Crippen molar-refractivity contribution in [1.29, 1.82) is 0 Å². The number of rotatable bonds is 3. The van der Waals surface area contributed by atoms with E-state index in [4.69, 9.17) is 4.74 Å². The van der Waals surface area contributed by atoms with E-state index in [9.17, 15) is 0 Å². The Morgan fingerprint density at radius 3 is 2.32 bits per heavy atom. The Bertz CT molecular complexity index is 683. The molecule has 0 radical (unpaired) electrons. The topological polar surface area (TPSA) is 9.23 Å². The minimum absolute atomic E-state index is 0.605. The lowest BCUT2D eigenvalue weighted by Gasteiger charge is -2.07. The van der Waals surface area contributed by atoms with E-state index in [-0.39, 0.29) is 0 Å². The summed E-state index contributed by atoms with van der Waals surface area (Å²) in [7, 11) is 0. The van der Waals surface area contributed by atoms with Gasteiger partial charge in [-0.1, -0.05) is 54.1 Å². The summed E-state index contributed by atoms with van der Waals surface area (Å²) in [5.41, 5.74) is 2.44. The Morgan fingerprint density at radius 1 is 0.789 bits per heavy atom. The molecule has 19 heavy (non-hydrogen) atoms. The van der Waals surface area contributed by atoms with Crippen LogP contribution < -0.4 is 4.74 Å². The van der Waals surface area contributed by atoms with Crippen LogP contribution >= 0.6 is 0 Å². The summed E-state index contributed by atoms with van der Waals surface area (Å²) < 4.78 is 5.80. The van der Waals surface area contributed by atoms with Crippen LogP contribution in [0.4, 0.5) is 0 Å². The third-order valence-corrected chi connectivity index (χ3v) is 3.24. The zero-order valence-corrected chi connectivity index (χ0v) is 11.0. The first-order valence-corrected chi connectivity index (χ1v) is 6.48. The van der Waals surface area contributed by atoms with E-state index in [2.05, 4.69) is 61.5 Å². The van der Waals surface area contributed by atoms with Crippen molar-refractivity contribution in [2.24, 2.45) is 0 Å². The summed E-state index contributed by atoms with van der Waals surface area (Å²) in [6, 6.07) is 23.0. The number of hydrogen-bond acceptors (Lipinski definition) is 1. The van der Waals surface area contributed by atoms with Gasteiger partial charge in [0.05, 0.1) is 0 Å². The third-order valence-electron chi connectivity index (χ3n) is 3.24. The van der Waals surface area contributed by atoms with Gasteiger partial charge in [-0.05, 0) is 41.5 Å². The maximum atomic E-state index is 5.80. The summed E-state index contributed by atoms with van der Waals surface area (Å²) in [4.78, 5) is 0. The van der Waals surface area contributed by atoms with Crippen LogP contribution in [0.1, 0.15) is 11.1 Å². The molecule has 0 atom stereocenters. The van der Waals surface area contributed by atoms with Crippen molar-refractivity contribution in [3.8, 4) is 5.75 Å². The first-order chi connectivity index (χ1) is 9.31. The molecule has 0 aliphatic rings. The van der Waals surface area contributed by atoms with Gasteiger partial charge in [-0.25, -0.2) is 0 Å². The fourth-order valence-electron chi connectivity index (χ4n) is 2.13. The molecule has 0 bridgehead atoms. The molecule has 3 rings (SSSR count). The molecule has 0 aliphatic heterocycles. The van der Waals surface area contributed by atoms with Crippen LogP contribution in [-0.2, 0) is 6.61 Å². The summed E-state index contributed by atoms with van der Waals surface area (Å²) in [5.74, 6) is 0.916. The third kappa shape index (κ3) is 2.76. The van der Waals surface area contributed by atoms with E-state index in [0.29, 0.717) is 6.61 Å². The fourth-order valence-corrected chi connectivity index (χ4v) is 2.13. The highest BCUT2D eigenvalue weighted by molar-refractivity contribution is 5.82. The van der Waals surface area contributed by atoms with E-state index in [1.165, 1.54) is 21.9 Å². The Morgan fingerprint density at radius 2 is 1.53 bits per heavy atom. The SMILES string of the molecule is Cc1ccc(OCc2ccc3ccccc3c2)cc1. The minimum atomic E-state index is 0.605. The average molecular weight is 248 g/mol. The van der Waals surface area contributed by atoms with Gasteiger partial charge in [0, 0.05) is 0 Å². The molecule has 0 aliphatic carbocycles. The molecule has 1 nitrogen and oxygen atoms in total. The Balaban J connectivity index is 1.76. The number of benzene rings is 3. The fraction of sp³-hybridized carbons (Fsp3) is 0.111. The van der Waals surface area contributed by atoms with Gasteiger partial charge in [-0.15, -0.1) is 0 Å². The molecule has 0 unspecified atom stereocenters. The van der Waals surface area contributed by atoms with Gasteiger partial charge >= 0.3 is 0 Å². The van der Waals surface area contributed by atoms with Crippen molar-refractivity contribution >= 4 is 10.8 Å². The van der Waals surface area contributed by atoms with Gasteiger partial charge in [0.1, 0.15) is 12.4 Å². The maximum absolute atomic E-state index is 5.80. The van der Waals surface area contributed by atoms with Crippen molar-refractivity contribution < 1.29 is 4.74 Å². The molecule has 0 saturated heterocycles. The summed E-state index contributed by atoms with van der Waals surface area (Å²) in [6.07, 6.45) is 0. The van der Waals surface area contributed by atoms with E-state index >= 15 is 0 Å². The van der Waals surface area contributed by atoms with Gasteiger partial charge in [0.2, 0.25) is 0 Å². The second-order valence-electron chi connectivity index (χ2n) is 4.78. The van der Waals surface area contributed by atoms with Crippen LogP contribution in [0, 0.1) is 6.92 Å². The number of ether oxygens (including phenoxy) is 1. The quantitative estimate of drug-likeness (QED) is 0.651. The Kier molecular flexibility index (Phi) is 3.20. The second-order valence-corrected chi connectivity index (χ2v) is 4.78. The standard InChI is InChI=1S/C18H16O/c1-14-6-10-18(11-7-14)19-13-15-8-9-16-4-2-3-5-17(16)12-15/h2-12H,13H2,1H3. The molecular weight excluding hydrogens is 232 g/mol. The number of hydrogen-bond donors (Lipinski definition) is 0. The lowest BCUT2D eigenvalue weighted by molar-refractivity contribution is 0.306. The van der Waals surface area contributed by atoms with Crippen LogP contribution in [0.2, 0.25) is 0 Å². The van der Waals surface area contributed by atoms with Gasteiger partial charge in [-0.2, -0.15) is 0 Å². The highest BCUT2D eigenvalue weighted by atomic mass is 16.5. The molecule has 0 saturated carbocycles.